The molecular weight excluding hydrogens is 234 g/mol. The third-order valence-electron chi connectivity index (χ3n) is 2.87. The first-order chi connectivity index (χ1) is 7.22. The Morgan fingerprint density at radius 3 is 2.87 bits per heavy atom. The maximum absolute atomic E-state index is 5.97. The van der Waals surface area contributed by atoms with E-state index in [0.717, 1.165) is 36.9 Å². The van der Waals surface area contributed by atoms with E-state index in [9.17, 15) is 0 Å². The van der Waals surface area contributed by atoms with E-state index in [1.165, 1.54) is 0 Å². The molecule has 84 valence electrons. The van der Waals surface area contributed by atoms with Gasteiger partial charge in [-0.2, -0.15) is 8.75 Å². The summed E-state index contributed by atoms with van der Waals surface area (Å²) in [5, 5.41) is 0.516. The van der Waals surface area contributed by atoms with Gasteiger partial charge in [-0.05, 0) is 19.8 Å². The van der Waals surface area contributed by atoms with Crippen LogP contribution in [0.1, 0.15) is 19.8 Å². The molecule has 1 aliphatic rings. The van der Waals surface area contributed by atoms with Gasteiger partial charge in [0.1, 0.15) is 0 Å². The number of anilines is 1. The highest BCUT2D eigenvalue weighted by Gasteiger charge is 2.28. The molecule has 2 atom stereocenters. The molecule has 2 unspecified atom stereocenters. The lowest BCUT2D eigenvalue weighted by molar-refractivity contribution is 0.0720. The number of halogens is 1. The standard InChI is InChI=1S/C9H14ClN3OS/c1-6-5-7(14-2)3-4-13(6)9-8(10)11-15-12-9/h6-7H,3-5H2,1-2H3. The van der Waals surface area contributed by atoms with Crippen LogP contribution in [0.5, 0.6) is 0 Å². The van der Waals surface area contributed by atoms with E-state index >= 15 is 0 Å². The minimum atomic E-state index is 0.363. The summed E-state index contributed by atoms with van der Waals surface area (Å²) in [5.74, 6) is 0.823. The topological polar surface area (TPSA) is 38.2 Å². The van der Waals surface area contributed by atoms with Crippen molar-refractivity contribution < 1.29 is 4.74 Å². The average molecular weight is 248 g/mol. The van der Waals surface area contributed by atoms with Crippen molar-refractivity contribution in [3.05, 3.63) is 5.15 Å². The smallest absolute Gasteiger partial charge is 0.187 e. The maximum Gasteiger partial charge on any atom is 0.187 e. The van der Waals surface area contributed by atoms with Gasteiger partial charge in [0.25, 0.3) is 0 Å². The van der Waals surface area contributed by atoms with Crippen LogP contribution < -0.4 is 4.90 Å². The van der Waals surface area contributed by atoms with E-state index in [4.69, 9.17) is 16.3 Å². The summed E-state index contributed by atoms with van der Waals surface area (Å²) in [7, 11) is 1.77. The Morgan fingerprint density at radius 2 is 2.33 bits per heavy atom. The lowest BCUT2D eigenvalue weighted by Crippen LogP contribution is -2.43. The monoisotopic (exact) mass is 247 g/mol. The van der Waals surface area contributed by atoms with Gasteiger partial charge in [0, 0.05) is 19.7 Å². The van der Waals surface area contributed by atoms with Gasteiger partial charge in [0.15, 0.2) is 11.0 Å². The summed E-state index contributed by atoms with van der Waals surface area (Å²) in [4.78, 5) is 2.21. The molecule has 0 radical (unpaired) electrons. The molecule has 1 fully saturated rings. The molecule has 0 spiro atoms. The Bertz CT molecular complexity index is 333. The molecule has 0 amide bonds. The summed E-state index contributed by atoms with van der Waals surface area (Å²) in [5.41, 5.74) is 0. The van der Waals surface area contributed by atoms with Crippen LogP contribution in [0.2, 0.25) is 5.15 Å². The molecule has 4 nitrogen and oxygen atoms in total. The number of aromatic nitrogens is 2. The molecule has 1 saturated heterocycles. The molecule has 0 bridgehead atoms. The van der Waals surface area contributed by atoms with Crippen molar-refractivity contribution in [2.24, 2.45) is 0 Å². The van der Waals surface area contributed by atoms with Gasteiger partial charge in [0.2, 0.25) is 0 Å². The molecule has 1 aromatic heterocycles. The minimum absolute atomic E-state index is 0.363. The lowest BCUT2D eigenvalue weighted by Gasteiger charge is -2.37. The highest BCUT2D eigenvalue weighted by atomic mass is 35.5. The van der Waals surface area contributed by atoms with Gasteiger partial charge in [-0.25, -0.2) is 0 Å². The maximum atomic E-state index is 5.97. The number of hydrogen-bond acceptors (Lipinski definition) is 5. The largest absolute Gasteiger partial charge is 0.381 e. The molecule has 15 heavy (non-hydrogen) atoms. The van der Waals surface area contributed by atoms with Crippen LogP contribution >= 0.6 is 23.3 Å². The number of piperidine rings is 1. The zero-order chi connectivity index (χ0) is 10.8. The van der Waals surface area contributed by atoms with E-state index in [2.05, 4.69) is 20.6 Å². The number of hydrogen-bond donors (Lipinski definition) is 0. The fraction of sp³-hybridized carbons (Fsp3) is 0.778. The molecule has 0 saturated carbocycles. The SMILES string of the molecule is COC1CCN(c2nsnc2Cl)C(C)C1. The quantitative estimate of drug-likeness (QED) is 0.803. The summed E-state index contributed by atoms with van der Waals surface area (Å²) in [6, 6.07) is 0.407. The second-order valence-corrected chi connectivity index (χ2v) is 4.69. The van der Waals surface area contributed by atoms with Crippen molar-refractivity contribution in [2.75, 3.05) is 18.6 Å². The molecule has 0 N–H and O–H groups in total. The molecule has 2 heterocycles. The summed E-state index contributed by atoms with van der Waals surface area (Å²) < 4.78 is 13.6. The second kappa shape index (κ2) is 4.63. The Morgan fingerprint density at radius 1 is 1.53 bits per heavy atom. The molecule has 1 aromatic rings. The van der Waals surface area contributed by atoms with Crippen LogP contribution in [0.25, 0.3) is 0 Å². The van der Waals surface area contributed by atoms with Crippen LogP contribution in [-0.2, 0) is 4.74 Å². The van der Waals surface area contributed by atoms with Crippen molar-refractivity contribution >= 4 is 29.1 Å². The molecule has 6 heteroatoms. The highest BCUT2D eigenvalue weighted by Crippen LogP contribution is 2.29. The molecule has 1 aliphatic heterocycles. The summed E-state index contributed by atoms with van der Waals surface area (Å²) >= 11 is 7.14. The van der Waals surface area contributed by atoms with Crippen molar-refractivity contribution in [3.8, 4) is 0 Å². The van der Waals surface area contributed by atoms with E-state index < -0.39 is 0 Å². The van der Waals surface area contributed by atoms with Gasteiger partial charge in [0.05, 0.1) is 17.8 Å². The van der Waals surface area contributed by atoms with E-state index in [1.807, 2.05) is 0 Å². The predicted molar refractivity (Wildman–Crippen MR) is 61.8 cm³/mol. The van der Waals surface area contributed by atoms with Crippen LogP contribution in [-0.4, -0.2) is 34.5 Å². The van der Waals surface area contributed by atoms with Gasteiger partial charge in [-0.3, -0.25) is 0 Å². The van der Waals surface area contributed by atoms with Gasteiger partial charge >= 0.3 is 0 Å². The fourth-order valence-electron chi connectivity index (χ4n) is 2.00. The van der Waals surface area contributed by atoms with Gasteiger partial charge < -0.3 is 9.64 Å². The van der Waals surface area contributed by atoms with Crippen molar-refractivity contribution in [3.63, 3.8) is 0 Å². The molecule has 0 aromatic carbocycles. The number of methoxy groups -OCH3 is 1. The number of rotatable bonds is 2. The van der Waals surface area contributed by atoms with Crippen molar-refractivity contribution in [2.45, 2.75) is 31.9 Å². The normalized spacial score (nSPS) is 27.0. The zero-order valence-corrected chi connectivity index (χ0v) is 10.4. The second-order valence-electron chi connectivity index (χ2n) is 3.80. The third kappa shape index (κ3) is 2.24. The fourth-order valence-corrected chi connectivity index (χ4v) is 2.76. The van der Waals surface area contributed by atoms with Gasteiger partial charge in [-0.1, -0.05) is 11.6 Å². The molecule has 0 aliphatic carbocycles. The summed E-state index contributed by atoms with van der Waals surface area (Å²) in [6.45, 7) is 3.10. The number of ether oxygens (including phenoxy) is 1. The predicted octanol–water partition coefficient (Wildman–Crippen LogP) is 2.20. The summed E-state index contributed by atoms with van der Waals surface area (Å²) in [6.07, 6.45) is 2.40. The van der Waals surface area contributed by atoms with Crippen LogP contribution in [0.3, 0.4) is 0 Å². The van der Waals surface area contributed by atoms with Crippen LogP contribution in [0.4, 0.5) is 5.82 Å². The van der Waals surface area contributed by atoms with Crippen LogP contribution in [0, 0.1) is 0 Å². The molecule has 2 rings (SSSR count). The first kappa shape index (κ1) is 11.1. The van der Waals surface area contributed by atoms with Crippen molar-refractivity contribution in [1.82, 2.24) is 8.75 Å². The minimum Gasteiger partial charge on any atom is -0.381 e. The molecular formula is C9H14ClN3OS. The van der Waals surface area contributed by atoms with E-state index in [-0.39, 0.29) is 0 Å². The third-order valence-corrected chi connectivity index (χ3v) is 3.74. The Balaban J connectivity index is 2.09. The first-order valence-corrected chi connectivity index (χ1v) is 6.10. The van der Waals surface area contributed by atoms with Crippen molar-refractivity contribution in [1.29, 1.82) is 0 Å². The Hall–Kier alpha value is -0.390. The van der Waals surface area contributed by atoms with E-state index in [0.29, 0.717) is 17.3 Å². The van der Waals surface area contributed by atoms with E-state index in [1.54, 1.807) is 7.11 Å². The Kier molecular flexibility index (Phi) is 3.43. The number of nitrogens with zero attached hydrogens (tertiary/aromatic N) is 3. The average Bonchev–Trinajstić information content (AvgIpc) is 2.64. The first-order valence-electron chi connectivity index (χ1n) is 5.00. The van der Waals surface area contributed by atoms with Gasteiger partial charge in [-0.15, -0.1) is 0 Å². The zero-order valence-electron chi connectivity index (χ0n) is 8.81. The Labute approximate surface area is 98.5 Å². The lowest BCUT2D eigenvalue weighted by atomic mass is 10.0. The highest BCUT2D eigenvalue weighted by molar-refractivity contribution is 6.99. The van der Waals surface area contributed by atoms with Crippen LogP contribution in [0.15, 0.2) is 0 Å².